The lowest BCUT2D eigenvalue weighted by Gasteiger charge is -2.23. The van der Waals surface area contributed by atoms with Gasteiger partial charge in [-0.2, -0.15) is 5.10 Å². The summed E-state index contributed by atoms with van der Waals surface area (Å²) in [5.41, 5.74) is 3.36. The standard InChI is InChI=1S/C20H21FN4O/c1-15-19(13-23-24(15)2)20(26)25(14-17-4-3-10-22-12-17)11-9-16-5-7-18(21)8-6-16/h3-8,10,12-13H,9,11,14H2,1-2H3. The molecule has 0 saturated heterocycles. The molecule has 2 aromatic heterocycles. The first-order valence-electron chi connectivity index (χ1n) is 8.46. The maximum absolute atomic E-state index is 13.1. The Labute approximate surface area is 152 Å². The smallest absolute Gasteiger partial charge is 0.257 e. The molecule has 1 amide bonds. The maximum Gasteiger partial charge on any atom is 0.257 e. The van der Waals surface area contributed by atoms with Crippen LogP contribution in [0.25, 0.3) is 0 Å². The molecule has 3 rings (SSSR count). The highest BCUT2D eigenvalue weighted by Crippen LogP contribution is 2.14. The Bertz CT molecular complexity index is 875. The second-order valence-corrected chi connectivity index (χ2v) is 6.23. The number of rotatable bonds is 6. The summed E-state index contributed by atoms with van der Waals surface area (Å²) in [6.45, 7) is 2.86. The predicted octanol–water partition coefficient (Wildman–Crippen LogP) is 3.15. The first-order chi connectivity index (χ1) is 12.5. The van der Waals surface area contributed by atoms with E-state index in [0.717, 1.165) is 16.8 Å². The molecule has 0 bridgehead atoms. The molecule has 1 aromatic carbocycles. The van der Waals surface area contributed by atoms with E-state index in [2.05, 4.69) is 10.1 Å². The van der Waals surface area contributed by atoms with Crippen molar-refractivity contribution in [1.82, 2.24) is 19.7 Å². The van der Waals surface area contributed by atoms with E-state index in [4.69, 9.17) is 0 Å². The van der Waals surface area contributed by atoms with E-state index in [9.17, 15) is 9.18 Å². The summed E-state index contributed by atoms with van der Waals surface area (Å²) in [5, 5.41) is 4.17. The monoisotopic (exact) mass is 352 g/mol. The summed E-state index contributed by atoms with van der Waals surface area (Å²) < 4.78 is 14.8. The maximum atomic E-state index is 13.1. The molecule has 0 atom stereocenters. The van der Waals surface area contributed by atoms with Crippen LogP contribution in [0.1, 0.15) is 27.2 Å². The van der Waals surface area contributed by atoms with Crippen molar-refractivity contribution in [2.75, 3.05) is 6.54 Å². The van der Waals surface area contributed by atoms with Gasteiger partial charge in [0.1, 0.15) is 5.82 Å². The lowest BCUT2D eigenvalue weighted by atomic mass is 10.1. The fraction of sp³-hybridized carbons (Fsp3) is 0.250. The molecular formula is C20H21FN4O. The highest BCUT2D eigenvalue weighted by Gasteiger charge is 2.20. The number of carbonyl (C=O) groups is 1. The summed E-state index contributed by atoms with van der Waals surface area (Å²) in [4.78, 5) is 19.0. The minimum absolute atomic E-state index is 0.0680. The zero-order chi connectivity index (χ0) is 18.5. The lowest BCUT2D eigenvalue weighted by Crippen LogP contribution is -2.33. The number of carbonyl (C=O) groups excluding carboxylic acids is 1. The summed E-state index contributed by atoms with van der Waals surface area (Å²) in [6.07, 6.45) is 5.71. The molecule has 5 nitrogen and oxygen atoms in total. The van der Waals surface area contributed by atoms with E-state index in [1.54, 1.807) is 40.3 Å². The number of aryl methyl sites for hydroxylation is 1. The third-order valence-electron chi connectivity index (χ3n) is 4.43. The second kappa shape index (κ2) is 7.91. The molecule has 0 spiro atoms. The zero-order valence-corrected chi connectivity index (χ0v) is 14.9. The van der Waals surface area contributed by atoms with E-state index < -0.39 is 0 Å². The van der Waals surface area contributed by atoms with Gasteiger partial charge in [0.15, 0.2) is 0 Å². The van der Waals surface area contributed by atoms with E-state index in [0.29, 0.717) is 25.1 Å². The highest BCUT2D eigenvalue weighted by molar-refractivity contribution is 5.95. The number of pyridine rings is 1. The van der Waals surface area contributed by atoms with Crippen molar-refractivity contribution in [3.8, 4) is 0 Å². The number of aromatic nitrogens is 3. The molecule has 0 aliphatic rings. The third-order valence-corrected chi connectivity index (χ3v) is 4.43. The van der Waals surface area contributed by atoms with E-state index in [1.165, 1.54) is 12.1 Å². The van der Waals surface area contributed by atoms with Crippen LogP contribution in [0.15, 0.2) is 55.0 Å². The van der Waals surface area contributed by atoms with Gasteiger partial charge in [-0.25, -0.2) is 4.39 Å². The summed E-state index contributed by atoms with van der Waals surface area (Å²) >= 11 is 0. The molecule has 26 heavy (non-hydrogen) atoms. The summed E-state index contributed by atoms with van der Waals surface area (Å²) in [7, 11) is 1.82. The quantitative estimate of drug-likeness (QED) is 0.685. The number of halogens is 1. The highest BCUT2D eigenvalue weighted by atomic mass is 19.1. The van der Waals surface area contributed by atoms with Crippen LogP contribution in [0, 0.1) is 12.7 Å². The van der Waals surface area contributed by atoms with Crippen LogP contribution in [-0.2, 0) is 20.0 Å². The molecule has 3 aromatic rings. The van der Waals surface area contributed by atoms with Crippen molar-refractivity contribution in [2.45, 2.75) is 19.9 Å². The van der Waals surface area contributed by atoms with Gasteiger partial charge in [-0.05, 0) is 42.7 Å². The van der Waals surface area contributed by atoms with Gasteiger partial charge in [-0.3, -0.25) is 14.5 Å². The zero-order valence-electron chi connectivity index (χ0n) is 14.9. The second-order valence-electron chi connectivity index (χ2n) is 6.23. The average molecular weight is 352 g/mol. The van der Waals surface area contributed by atoms with Crippen molar-refractivity contribution in [1.29, 1.82) is 0 Å². The molecule has 0 aliphatic heterocycles. The van der Waals surface area contributed by atoms with Gasteiger partial charge in [0.05, 0.1) is 11.8 Å². The van der Waals surface area contributed by atoms with Crippen LogP contribution < -0.4 is 0 Å². The van der Waals surface area contributed by atoms with E-state index in [-0.39, 0.29) is 11.7 Å². The van der Waals surface area contributed by atoms with Gasteiger partial charge in [0, 0.05) is 38.2 Å². The van der Waals surface area contributed by atoms with Crippen molar-refractivity contribution in [3.05, 3.63) is 83.2 Å². The summed E-state index contributed by atoms with van der Waals surface area (Å²) in [5.74, 6) is -0.329. The van der Waals surface area contributed by atoms with Gasteiger partial charge in [0.2, 0.25) is 0 Å². The number of nitrogens with zero attached hydrogens (tertiary/aromatic N) is 4. The average Bonchev–Trinajstić information content (AvgIpc) is 2.99. The Morgan fingerprint density at radius 1 is 1.15 bits per heavy atom. The van der Waals surface area contributed by atoms with Crippen LogP contribution in [-0.4, -0.2) is 32.1 Å². The van der Waals surface area contributed by atoms with Gasteiger partial charge in [0.25, 0.3) is 5.91 Å². The lowest BCUT2D eigenvalue weighted by molar-refractivity contribution is 0.0744. The molecule has 134 valence electrons. The number of hydrogen-bond acceptors (Lipinski definition) is 3. The molecule has 6 heteroatoms. The van der Waals surface area contributed by atoms with Crippen LogP contribution in [0.3, 0.4) is 0 Å². The van der Waals surface area contributed by atoms with Crippen LogP contribution >= 0.6 is 0 Å². The van der Waals surface area contributed by atoms with Gasteiger partial charge in [-0.1, -0.05) is 18.2 Å². The molecule has 0 unspecified atom stereocenters. The molecular weight excluding hydrogens is 331 g/mol. The topological polar surface area (TPSA) is 51.0 Å². The Balaban J connectivity index is 1.80. The van der Waals surface area contributed by atoms with Gasteiger partial charge >= 0.3 is 0 Å². The Kier molecular flexibility index (Phi) is 5.41. The largest absolute Gasteiger partial charge is 0.334 e. The van der Waals surface area contributed by atoms with Gasteiger partial charge in [-0.15, -0.1) is 0 Å². The number of amides is 1. The minimum Gasteiger partial charge on any atom is -0.334 e. The Morgan fingerprint density at radius 2 is 1.92 bits per heavy atom. The van der Waals surface area contributed by atoms with Crippen molar-refractivity contribution < 1.29 is 9.18 Å². The summed E-state index contributed by atoms with van der Waals surface area (Å²) in [6, 6.07) is 10.2. The molecule has 0 aliphatic carbocycles. The van der Waals surface area contributed by atoms with Crippen LogP contribution in [0.4, 0.5) is 4.39 Å². The molecule has 0 saturated carbocycles. The minimum atomic E-state index is -0.261. The molecule has 0 radical (unpaired) electrons. The van der Waals surface area contributed by atoms with Crippen LogP contribution in [0.5, 0.6) is 0 Å². The normalized spacial score (nSPS) is 10.7. The fourth-order valence-electron chi connectivity index (χ4n) is 2.76. The Morgan fingerprint density at radius 3 is 2.54 bits per heavy atom. The van der Waals surface area contributed by atoms with Crippen molar-refractivity contribution in [3.63, 3.8) is 0 Å². The van der Waals surface area contributed by atoms with Crippen LogP contribution in [0.2, 0.25) is 0 Å². The first kappa shape index (κ1) is 17.8. The van der Waals surface area contributed by atoms with Crippen molar-refractivity contribution >= 4 is 5.91 Å². The molecule has 2 heterocycles. The molecule has 0 fully saturated rings. The predicted molar refractivity (Wildman–Crippen MR) is 97.0 cm³/mol. The Hall–Kier alpha value is -3.02. The molecule has 0 N–H and O–H groups in total. The van der Waals surface area contributed by atoms with E-state index >= 15 is 0 Å². The van der Waals surface area contributed by atoms with Crippen molar-refractivity contribution in [2.24, 2.45) is 7.05 Å². The third kappa shape index (κ3) is 4.14. The van der Waals surface area contributed by atoms with E-state index in [1.807, 2.05) is 26.1 Å². The van der Waals surface area contributed by atoms with Gasteiger partial charge < -0.3 is 4.90 Å². The number of benzene rings is 1. The fourth-order valence-corrected chi connectivity index (χ4v) is 2.76. The number of hydrogen-bond donors (Lipinski definition) is 0. The SMILES string of the molecule is Cc1c(C(=O)N(CCc2ccc(F)cc2)Cc2cccnc2)cnn1C. The first-order valence-corrected chi connectivity index (χ1v) is 8.46.